The summed E-state index contributed by atoms with van der Waals surface area (Å²) in [6.07, 6.45) is -4.19. The third-order valence-electron chi connectivity index (χ3n) is 6.22. The number of nitriles is 1. The molecule has 3 heterocycles. The van der Waals surface area contributed by atoms with Gasteiger partial charge in [-0.1, -0.05) is 0 Å². The first-order chi connectivity index (χ1) is 14.2. The number of ketones is 1. The van der Waals surface area contributed by atoms with Gasteiger partial charge in [0.25, 0.3) is 0 Å². The minimum Gasteiger partial charge on any atom is -0.384 e. The number of piperidine rings is 1. The summed E-state index contributed by atoms with van der Waals surface area (Å²) in [5, 5.41) is 19.0. The number of hydrogen-bond donors (Lipinski definition) is 1. The quantitative estimate of drug-likeness (QED) is 0.798. The van der Waals surface area contributed by atoms with Crippen LogP contribution in [0.15, 0.2) is 28.4 Å². The van der Waals surface area contributed by atoms with E-state index in [-0.39, 0.29) is 24.5 Å². The van der Waals surface area contributed by atoms with Gasteiger partial charge in [0.1, 0.15) is 23.9 Å². The van der Waals surface area contributed by atoms with E-state index in [9.17, 15) is 23.1 Å². The second kappa shape index (κ2) is 7.51. The normalized spacial score (nSPS) is 25.3. The summed E-state index contributed by atoms with van der Waals surface area (Å²) < 4.78 is 41.1. The highest BCUT2D eigenvalue weighted by atomic mass is 19.4. The van der Waals surface area contributed by atoms with Crippen molar-refractivity contribution in [3.63, 3.8) is 0 Å². The Morgan fingerprint density at radius 3 is 2.60 bits per heavy atom. The van der Waals surface area contributed by atoms with Crippen molar-refractivity contribution in [1.82, 2.24) is 4.98 Å². The lowest BCUT2D eigenvalue weighted by Gasteiger charge is -2.36. The Morgan fingerprint density at radius 1 is 1.30 bits per heavy atom. The number of pyridine rings is 1. The molecule has 0 spiro atoms. The van der Waals surface area contributed by atoms with Gasteiger partial charge in [0.15, 0.2) is 5.78 Å². The Labute approximate surface area is 171 Å². The van der Waals surface area contributed by atoms with Gasteiger partial charge in [-0.15, -0.1) is 0 Å². The van der Waals surface area contributed by atoms with Gasteiger partial charge in [-0.05, 0) is 42.5 Å². The van der Waals surface area contributed by atoms with Crippen LogP contribution in [-0.2, 0) is 4.79 Å². The highest BCUT2D eigenvalue weighted by molar-refractivity contribution is 6.08. The fourth-order valence-electron chi connectivity index (χ4n) is 4.63. The van der Waals surface area contributed by atoms with Gasteiger partial charge >= 0.3 is 6.18 Å². The number of anilines is 1. The van der Waals surface area contributed by atoms with E-state index < -0.39 is 24.0 Å². The van der Waals surface area contributed by atoms with Gasteiger partial charge in [-0.25, -0.2) is 4.98 Å². The van der Waals surface area contributed by atoms with E-state index in [0.29, 0.717) is 42.8 Å². The topological polar surface area (TPSA) is 89.6 Å². The van der Waals surface area contributed by atoms with Gasteiger partial charge in [0, 0.05) is 37.3 Å². The second-order valence-corrected chi connectivity index (χ2v) is 8.06. The smallest absolute Gasteiger partial charge is 0.384 e. The van der Waals surface area contributed by atoms with Crippen molar-refractivity contribution >= 4 is 17.3 Å². The molecule has 1 saturated heterocycles. The largest absolute Gasteiger partial charge is 0.398 e. The van der Waals surface area contributed by atoms with E-state index in [2.05, 4.69) is 20.9 Å². The van der Waals surface area contributed by atoms with Crippen LogP contribution in [0.1, 0.15) is 30.4 Å². The number of aliphatic hydroxyl groups is 1. The summed E-state index contributed by atoms with van der Waals surface area (Å²) in [7, 11) is 0. The highest BCUT2D eigenvalue weighted by Gasteiger charge is 2.54. The molecule has 1 aliphatic carbocycles. The van der Waals surface area contributed by atoms with Crippen LogP contribution in [0.4, 0.5) is 19.0 Å². The van der Waals surface area contributed by atoms with E-state index in [4.69, 9.17) is 5.26 Å². The van der Waals surface area contributed by atoms with Crippen molar-refractivity contribution in [2.75, 3.05) is 24.5 Å². The standard InChI is InChI=1S/C21H21F3N4O2/c1-11-6-16(26-10-14(11)8-25)28-4-2-12(3-5-28)19-17-13(9-27-19)7-15(29)20(30)18(17)21(22,23)24/h6,10,12,18,20,30H,2-5,7,9H2,1H3/t18-,20+/m1/s1. The molecule has 158 valence electrons. The molecule has 30 heavy (non-hydrogen) atoms. The number of halogens is 3. The van der Waals surface area contributed by atoms with Crippen LogP contribution >= 0.6 is 0 Å². The third-order valence-corrected chi connectivity index (χ3v) is 6.22. The van der Waals surface area contributed by atoms with Gasteiger partial charge < -0.3 is 10.0 Å². The molecule has 0 bridgehead atoms. The molecule has 0 amide bonds. The van der Waals surface area contributed by atoms with E-state index in [1.54, 1.807) is 0 Å². The molecule has 4 rings (SSSR count). The van der Waals surface area contributed by atoms with Crippen molar-refractivity contribution < 1.29 is 23.1 Å². The first kappa shape index (κ1) is 20.5. The van der Waals surface area contributed by atoms with Crippen LogP contribution in [0.25, 0.3) is 0 Å². The zero-order chi connectivity index (χ0) is 21.6. The number of carbonyl (C=O) groups excluding carboxylic acids is 1. The van der Waals surface area contributed by atoms with E-state index in [1.165, 1.54) is 6.20 Å². The lowest BCUT2D eigenvalue weighted by Crippen LogP contribution is -2.46. The molecule has 1 fully saturated rings. The molecule has 2 aliphatic heterocycles. The van der Waals surface area contributed by atoms with E-state index in [0.717, 1.165) is 11.4 Å². The van der Waals surface area contributed by atoms with Crippen molar-refractivity contribution in [2.45, 2.75) is 38.5 Å². The van der Waals surface area contributed by atoms with E-state index >= 15 is 0 Å². The predicted molar refractivity (Wildman–Crippen MR) is 103 cm³/mol. The second-order valence-electron chi connectivity index (χ2n) is 8.06. The van der Waals surface area contributed by atoms with Crippen LogP contribution < -0.4 is 4.90 Å². The number of alkyl halides is 3. The summed E-state index contributed by atoms with van der Waals surface area (Å²) in [5.41, 5.74) is 2.18. The Hall–Kier alpha value is -2.73. The molecular weight excluding hydrogens is 397 g/mol. The lowest BCUT2D eigenvalue weighted by atomic mass is 9.74. The van der Waals surface area contributed by atoms with Crippen molar-refractivity contribution in [2.24, 2.45) is 16.8 Å². The SMILES string of the molecule is Cc1cc(N2CCC(C3=NCC4=C3[C@@H](C(F)(F)F)[C@@H](O)C(=O)C4)CC2)ncc1C#N. The number of rotatable bonds is 2. The number of nitrogens with zero attached hydrogens (tertiary/aromatic N) is 4. The maximum absolute atomic E-state index is 13.7. The predicted octanol–water partition coefficient (Wildman–Crippen LogP) is 2.74. The molecule has 0 radical (unpaired) electrons. The molecule has 1 aromatic heterocycles. The maximum Gasteiger partial charge on any atom is 0.398 e. The van der Waals surface area contributed by atoms with Crippen LogP contribution in [0.2, 0.25) is 0 Å². The summed E-state index contributed by atoms with van der Waals surface area (Å²) in [5.74, 6) is -2.39. The Balaban J connectivity index is 1.52. The monoisotopic (exact) mass is 418 g/mol. The molecule has 9 heteroatoms. The Morgan fingerprint density at radius 2 is 2.00 bits per heavy atom. The maximum atomic E-state index is 13.7. The highest BCUT2D eigenvalue weighted by Crippen LogP contribution is 2.45. The minimum atomic E-state index is -4.70. The number of aliphatic hydroxyl groups excluding tert-OH is 1. The fraction of sp³-hybridized carbons (Fsp3) is 0.524. The first-order valence-electron chi connectivity index (χ1n) is 9.86. The molecule has 2 atom stereocenters. The molecular formula is C21H21F3N4O2. The first-order valence-corrected chi connectivity index (χ1v) is 9.86. The number of carbonyl (C=O) groups is 1. The van der Waals surface area contributed by atoms with Crippen molar-refractivity contribution in [1.29, 1.82) is 5.26 Å². The fourth-order valence-corrected chi connectivity index (χ4v) is 4.63. The Kier molecular flexibility index (Phi) is 5.14. The minimum absolute atomic E-state index is 0.0420. The number of aryl methyl sites for hydroxylation is 1. The number of hydrogen-bond acceptors (Lipinski definition) is 6. The molecule has 0 unspecified atom stereocenters. The van der Waals surface area contributed by atoms with E-state index in [1.807, 2.05) is 13.0 Å². The zero-order valence-corrected chi connectivity index (χ0v) is 16.4. The average molecular weight is 418 g/mol. The third kappa shape index (κ3) is 3.49. The number of aromatic nitrogens is 1. The number of aliphatic imine (C=N–C) groups is 1. The van der Waals surface area contributed by atoms with Crippen molar-refractivity contribution in [3.8, 4) is 6.07 Å². The van der Waals surface area contributed by atoms with Gasteiger partial charge in [-0.3, -0.25) is 9.79 Å². The molecule has 0 saturated carbocycles. The van der Waals surface area contributed by atoms with Gasteiger partial charge in [0.05, 0.1) is 12.1 Å². The summed E-state index contributed by atoms with van der Waals surface area (Å²) in [6, 6.07) is 3.92. The molecule has 1 N–H and O–H groups in total. The number of Topliss-reactive ketones (excluding diaryl/α,β-unsaturated/α-hetero) is 1. The zero-order valence-electron chi connectivity index (χ0n) is 16.4. The molecule has 3 aliphatic rings. The summed E-state index contributed by atoms with van der Waals surface area (Å²) in [4.78, 5) is 22.6. The lowest BCUT2D eigenvalue weighted by molar-refractivity contribution is -0.190. The van der Waals surface area contributed by atoms with Crippen molar-refractivity contribution in [3.05, 3.63) is 34.5 Å². The van der Waals surface area contributed by atoms with Crippen LogP contribution in [-0.4, -0.2) is 53.5 Å². The summed E-state index contributed by atoms with van der Waals surface area (Å²) >= 11 is 0. The van der Waals surface area contributed by atoms with Crippen LogP contribution in [0.3, 0.4) is 0 Å². The average Bonchev–Trinajstić information content (AvgIpc) is 3.10. The molecule has 1 aromatic rings. The van der Waals surface area contributed by atoms with Crippen LogP contribution in [0.5, 0.6) is 0 Å². The molecule has 0 aromatic carbocycles. The van der Waals surface area contributed by atoms with Gasteiger partial charge in [0.2, 0.25) is 0 Å². The summed E-state index contributed by atoms with van der Waals surface area (Å²) in [6.45, 7) is 3.14. The van der Waals surface area contributed by atoms with Gasteiger partial charge in [-0.2, -0.15) is 18.4 Å². The Bertz CT molecular complexity index is 985. The van der Waals surface area contributed by atoms with Crippen LogP contribution in [0, 0.1) is 30.1 Å². The molecule has 6 nitrogen and oxygen atoms in total.